The molecule has 2 aromatic rings. The third-order valence-corrected chi connectivity index (χ3v) is 4.55. The SMILES string of the molecule is CCOc1ccccc1NC(=S)Nc1ccc(C(=O)OCCN(CC)CC)cc1. The monoisotopic (exact) mass is 415 g/mol. The molecule has 0 amide bonds. The van der Waals surface area contributed by atoms with E-state index in [1.165, 1.54) is 0 Å². The summed E-state index contributed by atoms with van der Waals surface area (Å²) in [6, 6.07) is 14.6. The van der Waals surface area contributed by atoms with E-state index in [2.05, 4.69) is 29.4 Å². The summed E-state index contributed by atoms with van der Waals surface area (Å²) in [5.41, 5.74) is 2.08. The minimum absolute atomic E-state index is 0.324. The van der Waals surface area contributed by atoms with E-state index >= 15 is 0 Å². The van der Waals surface area contributed by atoms with Crippen molar-refractivity contribution < 1.29 is 14.3 Å². The summed E-state index contributed by atoms with van der Waals surface area (Å²) in [4.78, 5) is 14.4. The van der Waals surface area contributed by atoms with Gasteiger partial charge in [0.2, 0.25) is 0 Å². The molecule has 0 aliphatic heterocycles. The van der Waals surface area contributed by atoms with Crippen LogP contribution in [0.25, 0.3) is 0 Å². The van der Waals surface area contributed by atoms with Gasteiger partial charge in [0.1, 0.15) is 12.4 Å². The predicted molar refractivity (Wildman–Crippen MR) is 122 cm³/mol. The first kappa shape index (κ1) is 22.6. The Kier molecular flexibility index (Phi) is 9.40. The van der Waals surface area contributed by atoms with Gasteiger partial charge < -0.3 is 25.0 Å². The van der Waals surface area contributed by atoms with Crippen LogP contribution in [0.5, 0.6) is 5.75 Å². The van der Waals surface area contributed by atoms with Crippen molar-refractivity contribution in [2.45, 2.75) is 20.8 Å². The summed E-state index contributed by atoms with van der Waals surface area (Å²) in [6.07, 6.45) is 0. The molecule has 6 nitrogen and oxygen atoms in total. The lowest BCUT2D eigenvalue weighted by molar-refractivity contribution is 0.0466. The number of para-hydroxylation sites is 2. The average Bonchev–Trinajstić information content (AvgIpc) is 2.73. The predicted octanol–water partition coefficient (Wildman–Crippen LogP) is 4.39. The fourth-order valence-electron chi connectivity index (χ4n) is 2.72. The molecule has 0 aromatic heterocycles. The summed E-state index contributed by atoms with van der Waals surface area (Å²) >= 11 is 5.38. The zero-order valence-corrected chi connectivity index (χ0v) is 18.1. The van der Waals surface area contributed by atoms with Crippen LogP contribution in [0.4, 0.5) is 11.4 Å². The van der Waals surface area contributed by atoms with Crippen molar-refractivity contribution in [1.82, 2.24) is 4.90 Å². The number of benzene rings is 2. The number of ether oxygens (including phenoxy) is 2. The van der Waals surface area contributed by atoms with E-state index in [9.17, 15) is 4.79 Å². The van der Waals surface area contributed by atoms with E-state index in [-0.39, 0.29) is 5.97 Å². The second kappa shape index (κ2) is 12.0. The molecule has 2 rings (SSSR count). The van der Waals surface area contributed by atoms with Gasteiger partial charge in [0, 0.05) is 12.2 Å². The van der Waals surface area contributed by atoms with Crippen LogP contribution in [0.3, 0.4) is 0 Å². The molecule has 7 heteroatoms. The maximum absolute atomic E-state index is 12.2. The van der Waals surface area contributed by atoms with Gasteiger partial charge in [0.05, 0.1) is 17.9 Å². The van der Waals surface area contributed by atoms with Crippen molar-refractivity contribution in [3.05, 3.63) is 54.1 Å². The molecular weight excluding hydrogens is 386 g/mol. The number of carbonyl (C=O) groups is 1. The number of nitrogens with one attached hydrogen (secondary N) is 2. The van der Waals surface area contributed by atoms with Gasteiger partial charge in [-0.3, -0.25) is 0 Å². The summed E-state index contributed by atoms with van der Waals surface area (Å²) < 4.78 is 10.9. The van der Waals surface area contributed by atoms with Gasteiger partial charge in [0.25, 0.3) is 0 Å². The molecule has 0 unspecified atom stereocenters. The molecule has 0 aliphatic carbocycles. The standard InChI is InChI=1S/C22H29N3O3S/c1-4-25(5-2)15-16-28-21(26)17-11-13-18(14-12-17)23-22(29)24-19-9-7-8-10-20(19)27-6-3/h7-14H,4-6,15-16H2,1-3H3,(H2,23,24,29). The molecule has 0 aliphatic rings. The number of hydrogen-bond acceptors (Lipinski definition) is 5. The van der Waals surface area contributed by atoms with Crippen molar-refractivity contribution in [3.63, 3.8) is 0 Å². The zero-order chi connectivity index (χ0) is 21.1. The van der Waals surface area contributed by atoms with E-state index in [1.807, 2.05) is 31.2 Å². The quantitative estimate of drug-likeness (QED) is 0.441. The smallest absolute Gasteiger partial charge is 0.338 e. The first-order valence-electron chi connectivity index (χ1n) is 9.86. The molecule has 2 N–H and O–H groups in total. The molecule has 0 bridgehead atoms. The minimum Gasteiger partial charge on any atom is -0.492 e. The number of likely N-dealkylation sites (N-methyl/N-ethyl adjacent to an activating group) is 1. The highest BCUT2D eigenvalue weighted by molar-refractivity contribution is 7.80. The Morgan fingerprint density at radius 1 is 1.00 bits per heavy atom. The molecule has 0 saturated heterocycles. The summed E-state index contributed by atoms with van der Waals surface area (Å²) in [5, 5.41) is 6.67. The van der Waals surface area contributed by atoms with Crippen LogP contribution < -0.4 is 15.4 Å². The summed E-state index contributed by atoms with van der Waals surface area (Å²) in [6.45, 7) is 9.69. The number of nitrogens with zero attached hydrogens (tertiary/aromatic N) is 1. The third-order valence-electron chi connectivity index (χ3n) is 4.35. The molecule has 29 heavy (non-hydrogen) atoms. The van der Waals surface area contributed by atoms with Crippen LogP contribution >= 0.6 is 12.2 Å². The zero-order valence-electron chi connectivity index (χ0n) is 17.2. The maximum Gasteiger partial charge on any atom is 0.338 e. The highest BCUT2D eigenvalue weighted by Crippen LogP contribution is 2.24. The second-order valence-electron chi connectivity index (χ2n) is 6.25. The van der Waals surface area contributed by atoms with Crippen LogP contribution in [0.15, 0.2) is 48.5 Å². The molecule has 0 atom stereocenters. The van der Waals surface area contributed by atoms with Gasteiger partial charge in [0.15, 0.2) is 5.11 Å². The van der Waals surface area contributed by atoms with Crippen LogP contribution in [0, 0.1) is 0 Å². The van der Waals surface area contributed by atoms with Crippen molar-refractivity contribution in [1.29, 1.82) is 0 Å². The fraction of sp³-hybridized carbons (Fsp3) is 0.364. The largest absolute Gasteiger partial charge is 0.492 e. The van der Waals surface area contributed by atoms with E-state index < -0.39 is 0 Å². The van der Waals surface area contributed by atoms with Gasteiger partial charge in [-0.1, -0.05) is 26.0 Å². The van der Waals surface area contributed by atoms with Crippen LogP contribution in [-0.2, 0) is 4.74 Å². The van der Waals surface area contributed by atoms with Crippen molar-refractivity contribution in [2.75, 3.05) is 43.5 Å². The molecule has 0 fully saturated rings. The minimum atomic E-state index is -0.324. The number of thiocarbonyl (C=S) groups is 1. The van der Waals surface area contributed by atoms with Crippen LogP contribution in [-0.4, -0.2) is 48.8 Å². The summed E-state index contributed by atoms with van der Waals surface area (Å²) in [5.74, 6) is 0.414. The first-order valence-corrected chi connectivity index (χ1v) is 10.3. The highest BCUT2D eigenvalue weighted by Gasteiger charge is 2.09. The molecule has 156 valence electrons. The molecule has 0 saturated carbocycles. The lowest BCUT2D eigenvalue weighted by Crippen LogP contribution is -2.27. The van der Waals surface area contributed by atoms with Gasteiger partial charge in [-0.2, -0.15) is 0 Å². The molecule has 0 spiro atoms. The van der Waals surface area contributed by atoms with Crippen LogP contribution in [0.2, 0.25) is 0 Å². The molecule has 0 heterocycles. The van der Waals surface area contributed by atoms with Gasteiger partial charge in [-0.05, 0) is 68.6 Å². The summed E-state index contributed by atoms with van der Waals surface area (Å²) in [7, 11) is 0. The lowest BCUT2D eigenvalue weighted by Gasteiger charge is -2.17. The average molecular weight is 416 g/mol. The van der Waals surface area contributed by atoms with Gasteiger partial charge >= 0.3 is 5.97 Å². The fourth-order valence-corrected chi connectivity index (χ4v) is 2.94. The number of rotatable bonds is 10. The Labute approximate surface area is 178 Å². The first-order chi connectivity index (χ1) is 14.1. The number of anilines is 2. The van der Waals surface area contributed by atoms with E-state index in [0.29, 0.717) is 23.9 Å². The molecule has 2 aromatic carbocycles. The molecular formula is C22H29N3O3S. The Morgan fingerprint density at radius 2 is 1.69 bits per heavy atom. The number of hydrogen-bond donors (Lipinski definition) is 2. The van der Waals surface area contributed by atoms with E-state index in [1.54, 1.807) is 24.3 Å². The number of carbonyl (C=O) groups excluding carboxylic acids is 1. The highest BCUT2D eigenvalue weighted by atomic mass is 32.1. The topological polar surface area (TPSA) is 62.8 Å². The second-order valence-corrected chi connectivity index (χ2v) is 6.66. The molecule has 0 radical (unpaired) electrons. The van der Waals surface area contributed by atoms with Crippen molar-refractivity contribution in [2.24, 2.45) is 0 Å². The lowest BCUT2D eigenvalue weighted by atomic mass is 10.2. The van der Waals surface area contributed by atoms with E-state index in [4.69, 9.17) is 21.7 Å². The van der Waals surface area contributed by atoms with Crippen molar-refractivity contribution >= 4 is 34.7 Å². The van der Waals surface area contributed by atoms with Gasteiger partial charge in [-0.15, -0.1) is 0 Å². The third kappa shape index (κ3) is 7.36. The Hall–Kier alpha value is -2.64. The van der Waals surface area contributed by atoms with Crippen molar-refractivity contribution in [3.8, 4) is 5.75 Å². The van der Waals surface area contributed by atoms with Gasteiger partial charge in [-0.25, -0.2) is 4.79 Å². The Morgan fingerprint density at radius 3 is 2.34 bits per heavy atom. The Balaban J connectivity index is 1.87. The Bertz CT molecular complexity index is 792. The normalized spacial score (nSPS) is 10.5. The van der Waals surface area contributed by atoms with Crippen LogP contribution in [0.1, 0.15) is 31.1 Å². The maximum atomic E-state index is 12.2. The number of esters is 1. The van der Waals surface area contributed by atoms with E-state index in [0.717, 1.165) is 36.8 Å².